The molecule has 132 valence electrons. The Kier molecular flexibility index (Phi) is 4.40. The van der Waals surface area contributed by atoms with Gasteiger partial charge in [0, 0.05) is 37.6 Å². The van der Waals surface area contributed by atoms with E-state index < -0.39 is 5.60 Å². The molecular weight excluding hydrogens is 304 g/mol. The highest BCUT2D eigenvalue weighted by Crippen LogP contribution is 2.33. The molecule has 3 heterocycles. The Bertz CT molecular complexity index is 606. The van der Waals surface area contributed by atoms with Gasteiger partial charge >= 0.3 is 6.09 Å². The number of carbonyl (C=O) groups is 1. The molecule has 2 atom stereocenters. The van der Waals surface area contributed by atoms with E-state index in [0.717, 1.165) is 49.9 Å². The first-order valence-electron chi connectivity index (χ1n) is 8.76. The van der Waals surface area contributed by atoms with Crippen LogP contribution < -0.4 is 4.90 Å². The van der Waals surface area contributed by atoms with Gasteiger partial charge < -0.3 is 14.5 Å². The van der Waals surface area contributed by atoms with Crippen molar-refractivity contribution in [2.45, 2.75) is 46.6 Å². The van der Waals surface area contributed by atoms with Gasteiger partial charge in [-0.2, -0.15) is 0 Å². The maximum Gasteiger partial charge on any atom is 0.410 e. The van der Waals surface area contributed by atoms with Crippen molar-refractivity contribution in [2.24, 2.45) is 11.8 Å². The van der Waals surface area contributed by atoms with Gasteiger partial charge in [0.25, 0.3) is 0 Å². The predicted molar refractivity (Wildman–Crippen MR) is 93.1 cm³/mol. The molecule has 1 aromatic heterocycles. The maximum absolute atomic E-state index is 12.3. The lowest BCUT2D eigenvalue weighted by Gasteiger charge is -2.34. The number of likely N-dealkylation sites (tertiary alicyclic amines) is 1. The Balaban J connectivity index is 1.65. The van der Waals surface area contributed by atoms with Gasteiger partial charge in [-0.1, -0.05) is 0 Å². The summed E-state index contributed by atoms with van der Waals surface area (Å²) < 4.78 is 5.52. The summed E-state index contributed by atoms with van der Waals surface area (Å²) in [6, 6.07) is 2.00. The molecule has 0 radical (unpaired) electrons. The van der Waals surface area contributed by atoms with E-state index in [1.54, 1.807) is 0 Å². The fraction of sp³-hybridized carbons (Fsp3) is 0.722. The molecule has 0 bridgehead atoms. The zero-order chi connectivity index (χ0) is 17.5. The van der Waals surface area contributed by atoms with Crippen molar-refractivity contribution in [1.29, 1.82) is 0 Å². The van der Waals surface area contributed by atoms with Gasteiger partial charge in [0.2, 0.25) is 5.95 Å². The number of hydrogen-bond acceptors (Lipinski definition) is 5. The highest BCUT2D eigenvalue weighted by molar-refractivity contribution is 5.68. The van der Waals surface area contributed by atoms with E-state index in [4.69, 9.17) is 4.74 Å². The summed E-state index contributed by atoms with van der Waals surface area (Å²) in [5.41, 5.74) is 1.56. The van der Waals surface area contributed by atoms with Crippen molar-refractivity contribution >= 4 is 12.0 Å². The minimum atomic E-state index is -0.441. The number of carbonyl (C=O) groups excluding carboxylic acids is 1. The first kappa shape index (κ1) is 17.0. The van der Waals surface area contributed by atoms with Crippen molar-refractivity contribution in [2.75, 3.05) is 31.1 Å². The third-order valence-corrected chi connectivity index (χ3v) is 4.71. The second kappa shape index (κ2) is 6.22. The standard InChI is InChI=1S/C18H28N4O2/c1-12-8-13(2)20-16(19-12)21-7-6-14-9-22(11-15(14)10-21)17(23)24-18(3,4)5/h8,14-15H,6-7,9-11H2,1-5H3/t14?,15-/m0/s1. The van der Waals surface area contributed by atoms with Gasteiger partial charge in [0.1, 0.15) is 5.60 Å². The number of aromatic nitrogens is 2. The SMILES string of the molecule is Cc1cc(C)nc(N2CCC3CN(C(=O)OC(C)(C)C)C[C@@H]3C2)n1. The zero-order valence-corrected chi connectivity index (χ0v) is 15.4. The van der Waals surface area contributed by atoms with Crippen LogP contribution in [0.25, 0.3) is 0 Å². The highest BCUT2D eigenvalue weighted by atomic mass is 16.6. The smallest absolute Gasteiger partial charge is 0.410 e. The largest absolute Gasteiger partial charge is 0.444 e. The van der Waals surface area contributed by atoms with Gasteiger partial charge in [0.05, 0.1) is 0 Å². The van der Waals surface area contributed by atoms with Gasteiger partial charge in [-0.25, -0.2) is 14.8 Å². The van der Waals surface area contributed by atoms with E-state index in [9.17, 15) is 4.79 Å². The lowest BCUT2D eigenvalue weighted by atomic mass is 9.89. The molecule has 0 aliphatic carbocycles. The topological polar surface area (TPSA) is 58.6 Å². The number of amides is 1. The Hall–Kier alpha value is -1.85. The minimum Gasteiger partial charge on any atom is -0.444 e. The number of nitrogens with zero attached hydrogens (tertiary/aromatic N) is 4. The molecule has 1 amide bonds. The van der Waals surface area contributed by atoms with E-state index in [0.29, 0.717) is 11.8 Å². The molecule has 24 heavy (non-hydrogen) atoms. The molecule has 0 saturated carbocycles. The minimum absolute atomic E-state index is 0.189. The van der Waals surface area contributed by atoms with Gasteiger partial charge in [-0.05, 0) is 58.9 Å². The Morgan fingerprint density at radius 2 is 1.75 bits per heavy atom. The molecule has 2 fully saturated rings. The Morgan fingerprint density at radius 1 is 1.12 bits per heavy atom. The first-order valence-corrected chi connectivity index (χ1v) is 8.76. The third-order valence-electron chi connectivity index (χ3n) is 4.71. The van der Waals surface area contributed by atoms with Gasteiger partial charge in [-0.15, -0.1) is 0 Å². The molecule has 2 aliphatic heterocycles. The van der Waals surface area contributed by atoms with Crippen LogP contribution >= 0.6 is 0 Å². The van der Waals surface area contributed by atoms with Crippen molar-refractivity contribution < 1.29 is 9.53 Å². The number of rotatable bonds is 1. The van der Waals surface area contributed by atoms with Gasteiger partial charge in [0.15, 0.2) is 0 Å². The summed E-state index contributed by atoms with van der Waals surface area (Å²) in [5.74, 6) is 1.84. The molecular formula is C18H28N4O2. The summed E-state index contributed by atoms with van der Waals surface area (Å²) in [6.45, 7) is 13.2. The summed E-state index contributed by atoms with van der Waals surface area (Å²) in [4.78, 5) is 25.6. The van der Waals surface area contributed by atoms with Crippen molar-refractivity contribution in [3.05, 3.63) is 17.5 Å². The van der Waals surface area contributed by atoms with Crippen LogP contribution in [0.4, 0.5) is 10.7 Å². The van der Waals surface area contributed by atoms with Crippen LogP contribution in [-0.2, 0) is 4.74 Å². The highest BCUT2D eigenvalue weighted by Gasteiger charge is 2.40. The molecule has 6 nitrogen and oxygen atoms in total. The van der Waals surface area contributed by atoms with Crippen molar-refractivity contribution in [3.8, 4) is 0 Å². The van der Waals surface area contributed by atoms with Crippen molar-refractivity contribution in [3.63, 3.8) is 0 Å². The summed E-state index contributed by atoms with van der Waals surface area (Å²) >= 11 is 0. The van der Waals surface area contributed by atoms with Crippen LogP contribution in [0.15, 0.2) is 6.07 Å². The number of piperidine rings is 1. The molecule has 0 aromatic carbocycles. The van der Waals surface area contributed by atoms with E-state index >= 15 is 0 Å². The van der Waals surface area contributed by atoms with E-state index in [-0.39, 0.29) is 6.09 Å². The summed E-state index contributed by atoms with van der Waals surface area (Å²) in [7, 11) is 0. The quantitative estimate of drug-likeness (QED) is 0.791. The molecule has 6 heteroatoms. The van der Waals surface area contributed by atoms with Crippen LogP contribution in [0, 0.1) is 25.7 Å². The number of fused-ring (bicyclic) bond motifs is 1. The maximum atomic E-state index is 12.3. The molecule has 2 saturated heterocycles. The second-order valence-corrected chi connectivity index (χ2v) is 8.09. The number of hydrogen-bond donors (Lipinski definition) is 0. The third kappa shape index (κ3) is 3.79. The number of ether oxygens (including phenoxy) is 1. The van der Waals surface area contributed by atoms with Crippen LogP contribution in [0.1, 0.15) is 38.6 Å². The summed E-state index contributed by atoms with van der Waals surface area (Å²) in [6.07, 6.45) is 0.881. The molecule has 0 spiro atoms. The molecule has 3 rings (SSSR count). The van der Waals surface area contributed by atoms with E-state index in [1.165, 1.54) is 0 Å². The van der Waals surface area contributed by atoms with E-state index in [2.05, 4.69) is 14.9 Å². The van der Waals surface area contributed by atoms with Crippen LogP contribution in [0.5, 0.6) is 0 Å². The first-order chi connectivity index (χ1) is 11.2. The van der Waals surface area contributed by atoms with E-state index in [1.807, 2.05) is 45.6 Å². The van der Waals surface area contributed by atoms with Gasteiger partial charge in [-0.3, -0.25) is 0 Å². The Morgan fingerprint density at radius 3 is 2.38 bits per heavy atom. The Labute approximate surface area is 144 Å². The number of aryl methyl sites for hydroxylation is 2. The average molecular weight is 332 g/mol. The molecule has 1 unspecified atom stereocenters. The van der Waals surface area contributed by atoms with Crippen LogP contribution in [-0.4, -0.2) is 52.7 Å². The molecule has 0 N–H and O–H groups in total. The zero-order valence-electron chi connectivity index (χ0n) is 15.4. The fourth-order valence-electron chi connectivity index (χ4n) is 3.67. The average Bonchev–Trinajstić information content (AvgIpc) is 2.87. The number of anilines is 1. The van der Waals surface area contributed by atoms with Crippen LogP contribution in [0.2, 0.25) is 0 Å². The van der Waals surface area contributed by atoms with Crippen molar-refractivity contribution in [1.82, 2.24) is 14.9 Å². The normalized spacial score (nSPS) is 24.0. The fourth-order valence-corrected chi connectivity index (χ4v) is 3.67. The monoisotopic (exact) mass is 332 g/mol. The molecule has 2 aliphatic rings. The molecule has 1 aromatic rings. The second-order valence-electron chi connectivity index (χ2n) is 8.09. The predicted octanol–water partition coefficient (Wildman–Crippen LogP) is 2.79. The van der Waals surface area contributed by atoms with Crippen LogP contribution in [0.3, 0.4) is 0 Å². The summed E-state index contributed by atoms with van der Waals surface area (Å²) in [5, 5.41) is 0. The lowest BCUT2D eigenvalue weighted by Crippen LogP contribution is -2.41. The lowest BCUT2D eigenvalue weighted by molar-refractivity contribution is 0.0285.